The molecule has 0 aliphatic carbocycles. The summed E-state index contributed by atoms with van der Waals surface area (Å²) in [4.78, 5) is 6.04. The second kappa shape index (κ2) is 6.33. The molecule has 1 N–H and O–H groups in total. The van der Waals surface area contributed by atoms with Gasteiger partial charge in [0, 0.05) is 30.5 Å². The number of thiazole rings is 1. The van der Waals surface area contributed by atoms with Crippen LogP contribution in [0.4, 0.5) is 0 Å². The van der Waals surface area contributed by atoms with E-state index in [2.05, 4.69) is 46.9 Å². The van der Waals surface area contributed by atoms with Crippen LogP contribution in [0, 0.1) is 5.41 Å². The number of rotatable bonds is 5. The van der Waals surface area contributed by atoms with E-state index in [-0.39, 0.29) is 11.0 Å². The fourth-order valence-corrected chi connectivity index (χ4v) is 3.01. The van der Waals surface area contributed by atoms with Crippen molar-refractivity contribution in [3.8, 4) is 0 Å². The number of ether oxygens (including phenoxy) is 1. The van der Waals surface area contributed by atoms with Gasteiger partial charge >= 0.3 is 0 Å². The molecular formula is C15H28N2OS. The van der Waals surface area contributed by atoms with Crippen molar-refractivity contribution in [2.24, 2.45) is 5.41 Å². The average Bonchev–Trinajstić information content (AvgIpc) is 2.54. The fraction of sp³-hybridized carbons (Fsp3) is 0.800. The Balaban J connectivity index is 2.82. The Morgan fingerprint density at radius 1 is 1.16 bits per heavy atom. The molecule has 1 rings (SSSR count). The second-order valence-electron chi connectivity index (χ2n) is 7.25. The Morgan fingerprint density at radius 3 is 2.26 bits per heavy atom. The fourth-order valence-electron chi connectivity index (χ4n) is 1.70. The molecule has 0 aromatic carbocycles. The van der Waals surface area contributed by atoms with E-state index in [9.17, 15) is 0 Å². The van der Waals surface area contributed by atoms with Gasteiger partial charge in [-0.1, -0.05) is 20.8 Å². The number of nitrogens with zero attached hydrogens (tertiary/aromatic N) is 1. The molecule has 0 amide bonds. The van der Waals surface area contributed by atoms with Crippen molar-refractivity contribution in [2.45, 2.75) is 66.7 Å². The van der Waals surface area contributed by atoms with Gasteiger partial charge in [0.2, 0.25) is 0 Å². The summed E-state index contributed by atoms with van der Waals surface area (Å²) in [7, 11) is 1.73. The van der Waals surface area contributed by atoms with Crippen LogP contribution in [0.25, 0.3) is 0 Å². The molecule has 4 heteroatoms. The van der Waals surface area contributed by atoms with Crippen molar-refractivity contribution in [1.82, 2.24) is 10.3 Å². The Kier molecular flexibility index (Phi) is 5.53. The molecule has 0 bridgehead atoms. The van der Waals surface area contributed by atoms with Crippen LogP contribution in [0.3, 0.4) is 0 Å². The third kappa shape index (κ3) is 6.50. The molecular weight excluding hydrogens is 256 g/mol. The highest BCUT2D eigenvalue weighted by Gasteiger charge is 2.18. The van der Waals surface area contributed by atoms with E-state index in [1.54, 1.807) is 7.11 Å². The van der Waals surface area contributed by atoms with Gasteiger partial charge in [-0.2, -0.15) is 0 Å². The topological polar surface area (TPSA) is 34.1 Å². The van der Waals surface area contributed by atoms with E-state index in [0.717, 1.165) is 18.7 Å². The van der Waals surface area contributed by atoms with Crippen LogP contribution in [-0.4, -0.2) is 17.6 Å². The summed E-state index contributed by atoms with van der Waals surface area (Å²) < 4.78 is 5.26. The maximum atomic E-state index is 5.26. The van der Waals surface area contributed by atoms with Gasteiger partial charge in [-0.3, -0.25) is 0 Å². The van der Waals surface area contributed by atoms with Crippen LogP contribution in [0.2, 0.25) is 0 Å². The summed E-state index contributed by atoms with van der Waals surface area (Å²) in [5, 5.41) is 4.74. The summed E-state index contributed by atoms with van der Waals surface area (Å²) in [6.45, 7) is 14.7. The van der Waals surface area contributed by atoms with E-state index < -0.39 is 0 Å². The lowest BCUT2D eigenvalue weighted by atomic mass is 9.93. The van der Waals surface area contributed by atoms with Crippen LogP contribution < -0.4 is 5.32 Å². The van der Waals surface area contributed by atoms with E-state index >= 15 is 0 Å². The maximum Gasteiger partial charge on any atom is 0.0937 e. The SMILES string of the molecule is COCc1nc(CC(C)(C)C)sc1CNC(C)(C)C. The number of hydrogen-bond acceptors (Lipinski definition) is 4. The molecule has 0 radical (unpaired) electrons. The van der Waals surface area contributed by atoms with E-state index in [1.165, 1.54) is 9.88 Å². The monoisotopic (exact) mass is 284 g/mol. The van der Waals surface area contributed by atoms with Crippen molar-refractivity contribution in [3.63, 3.8) is 0 Å². The number of methoxy groups -OCH3 is 1. The Hall–Kier alpha value is -0.450. The standard InChI is InChI=1S/C15H28N2OS/c1-14(2,3)8-13-17-11(10-18-7)12(19-13)9-16-15(4,5)6/h16H,8-10H2,1-7H3. The molecule has 1 aromatic rings. The van der Waals surface area contributed by atoms with Crippen molar-refractivity contribution < 1.29 is 4.74 Å². The summed E-state index contributed by atoms with van der Waals surface area (Å²) in [6.07, 6.45) is 1.02. The molecule has 3 nitrogen and oxygen atoms in total. The number of aromatic nitrogens is 1. The Morgan fingerprint density at radius 2 is 1.79 bits per heavy atom. The first-order valence-corrected chi connectivity index (χ1v) is 7.64. The number of hydrogen-bond donors (Lipinski definition) is 1. The lowest BCUT2D eigenvalue weighted by Crippen LogP contribution is -2.35. The van der Waals surface area contributed by atoms with Gasteiger partial charge in [-0.15, -0.1) is 11.3 Å². The van der Waals surface area contributed by atoms with Crippen molar-refractivity contribution in [1.29, 1.82) is 0 Å². The molecule has 0 atom stereocenters. The molecule has 0 unspecified atom stereocenters. The Labute approximate surface area is 121 Å². The van der Waals surface area contributed by atoms with Gasteiger partial charge < -0.3 is 10.1 Å². The lowest BCUT2D eigenvalue weighted by molar-refractivity contribution is 0.180. The zero-order chi connectivity index (χ0) is 14.7. The third-order valence-corrected chi connectivity index (χ3v) is 3.66. The maximum absolute atomic E-state index is 5.26. The summed E-state index contributed by atoms with van der Waals surface area (Å²) in [6, 6.07) is 0. The summed E-state index contributed by atoms with van der Waals surface area (Å²) in [5.74, 6) is 0. The van der Waals surface area contributed by atoms with Gasteiger partial charge in [-0.25, -0.2) is 4.98 Å². The quantitative estimate of drug-likeness (QED) is 0.894. The first-order valence-electron chi connectivity index (χ1n) is 6.82. The van der Waals surface area contributed by atoms with Gasteiger partial charge in [0.25, 0.3) is 0 Å². The first-order chi connectivity index (χ1) is 8.61. The lowest BCUT2D eigenvalue weighted by Gasteiger charge is -2.20. The molecule has 19 heavy (non-hydrogen) atoms. The molecule has 0 saturated heterocycles. The summed E-state index contributed by atoms with van der Waals surface area (Å²) in [5.41, 5.74) is 1.48. The van der Waals surface area contributed by atoms with Gasteiger partial charge in [0.15, 0.2) is 0 Å². The molecule has 1 heterocycles. The number of nitrogens with one attached hydrogen (secondary N) is 1. The van der Waals surface area contributed by atoms with Crippen molar-refractivity contribution in [2.75, 3.05) is 7.11 Å². The third-order valence-electron chi connectivity index (χ3n) is 2.56. The predicted molar refractivity (Wildman–Crippen MR) is 82.6 cm³/mol. The van der Waals surface area contributed by atoms with Crippen LogP contribution in [0.1, 0.15) is 57.1 Å². The normalized spacial score (nSPS) is 13.0. The highest BCUT2D eigenvalue weighted by molar-refractivity contribution is 7.11. The zero-order valence-electron chi connectivity index (χ0n) is 13.4. The minimum atomic E-state index is 0.124. The zero-order valence-corrected chi connectivity index (χ0v) is 14.2. The van der Waals surface area contributed by atoms with Crippen LogP contribution in [0.15, 0.2) is 0 Å². The van der Waals surface area contributed by atoms with Crippen molar-refractivity contribution >= 4 is 11.3 Å². The average molecular weight is 284 g/mol. The van der Waals surface area contributed by atoms with Gasteiger partial charge in [-0.05, 0) is 26.2 Å². The molecule has 1 aromatic heterocycles. The summed E-state index contributed by atoms with van der Waals surface area (Å²) >= 11 is 1.81. The molecule has 0 spiro atoms. The Bertz CT molecular complexity index is 399. The highest BCUT2D eigenvalue weighted by Crippen LogP contribution is 2.27. The largest absolute Gasteiger partial charge is 0.378 e. The molecule has 0 aliphatic heterocycles. The second-order valence-corrected chi connectivity index (χ2v) is 8.42. The van der Waals surface area contributed by atoms with Crippen LogP contribution in [-0.2, 0) is 24.3 Å². The highest BCUT2D eigenvalue weighted by atomic mass is 32.1. The van der Waals surface area contributed by atoms with Gasteiger partial charge in [0.05, 0.1) is 17.3 Å². The van der Waals surface area contributed by atoms with Crippen molar-refractivity contribution in [3.05, 3.63) is 15.6 Å². The van der Waals surface area contributed by atoms with Crippen LogP contribution >= 0.6 is 11.3 Å². The van der Waals surface area contributed by atoms with Crippen LogP contribution in [0.5, 0.6) is 0 Å². The molecule has 0 fully saturated rings. The van der Waals surface area contributed by atoms with Gasteiger partial charge in [0.1, 0.15) is 0 Å². The minimum absolute atomic E-state index is 0.124. The molecule has 110 valence electrons. The molecule has 0 saturated carbocycles. The predicted octanol–water partition coefficient (Wildman–Crippen LogP) is 3.77. The van der Waals surface area contributed by atoms with E-state index in [4.69, 9.17) is 9.72 Å². The minimum Gasteiger partial charge on any atom is -0.378 e. The van der Waals surface area contributed by atoms with E-state index in [1.807, 2.05) is 11.3 Å². The van der Waals surface area contributed by atoms with E-state index in [0.29, 0.717) is 6.61 Å². The smallest absolute Gasteiger partial charge is 0.0937 e. The first kappa shape index (κ1) is 16.6. The molecule has 0 aliphatic rings.